The Morgan fingerprint density at radius 1 is 1.24 bits per heavy atom. The van der Waals surface area contributed by atoms with E-state index in [1.807, 2.05) is 37.3 Å². The molecule has 0 spiro atoms. The molecule has 0 aliphatic rings. The highest BCUT2D eigenvalue weighted by Crippen LogP contribution is 2.38. The molecule has 0 saturated carbocycles. The molecule has 1 aromatic carbocycles. The number of ether oxygens (including phenoxy) is 1. The number of nitrogens with two attached hydrogens (primary N) is 1. The Hall–Kier alpha value is -1.55. The zero-order valence-electron chi connectivity index (χ0n) is 9.70. The van der Waals surface area contributed by atoms with E-state index < -0.39 is 0 Å². The fourth-order valence-corrected chi connectivity index (χ4v) is 2.29. The lowest BCUT2D eigenvalue weighted by molar-refractivity contribution is 0.416. The molecule has 4 heteroatoms. The molecule has 0 aliphatic carbocycles. The molecule has 1 heterocycles. The van der Waals surface area contributed by atoms with E-state index in [0.717, 1.165) is 27.0 Å². The van der Waals surface area contributed by atoms with E-state index >= 15 is 0 Å². The van der Waals surface area contributed by atoms with E-state index in [1.54, 1.807) is 7.11 Å². The van der Waals surface area contributed by atoms with Crippen LogP contribution in [0.4, 0.5) is 5.82 Å². The standard InChI is InChI=1S/C13H13BrN2O/c1-8-6-7-9(13(15)16-8)12-10(14)4-3-5-11(12)17-2/h3-7H,1-2H3,(H2,15,16). The molecule has 2 rings (SSSR count). The second kappa shape index (κ2) is 4.75. The predicted octanol–water partition coefficient (Wildman–Crippen LogP) is 3.41. The lowest BCUT2D eigenvalue weighted by Gasteiger charge is -2.12. The molecule has 1 aromatic heterocycles. The van der Waals surface area contributed by atoms with E-state index in [4.69, 9.17) is 10.5 Å². The summed E-state index contributed by atoms with van der Waals surface area (Å²) in [5.41, 5.74) is 8.66. The highest BCUT2D eigenvalue weighted by atomic mass is 79.9. The SMILES string of the molecule is COc1cccc(Br)c1-c1ccc(C)nc1N. The number of halogens is 1. The number of rotatable bonds is 2. The first-order valence-corrected chi connectivity index (χ1v) is 5.98. The van der Waals surface area contributed by atoms with Crippen molar-refractivity contribution in [3.63, 3.8) is 0 Å². The minimum Gasteiger partial charge on any atom is -0.496 e. The Kier molecular flexibility index (Phi) is 3.33. The Balaban J connectivity index is 2.67. The topological polar surface area (TPSA) is 48.1 Å². The van der Waals surface area contributed by atoms with Gasteiger partial charge in [-0.1, -0.05) is 22.0 Å². The number of hydrogen-bond acceptors (Lipinski definition) is 3. The van der Waals surface area contributed by atoms with Crippen molar-refractivity contribution in [2.24, 2.45) is 0 Å². The third-order valence-corrected chi connectivity index (χ3v) is 3.19. The smallest absolute Gasteiger partial charge is 0.131 e. The quantitative estimate of drug-likeness (QED) is 0.923. The maximum atomic E-state index is 5.96. The normalized spacial score (nSPS) is 10.3. The summed E-state index contributed by atoms with van der Waals surface area (Å²) in [6, 6.07) is 9.67. The van der Waals surface area contributed by atoms with Gasteiger partial charge in [-0.15, -0.1) is 0 Å². The van der Waals surface area contributed by atoms with Gasteiger partial charge < -0.3 is 10.5 Å². The largest absolute Gasteiger partial charge is 0.496 e. The van der Waals surface area contributed by atoms with E-state index in [2.05, 4.69) is 20.9 Å². The van der Waals surface area contributed by atoms with Gasteiger partial charge in [0.15, 0.2) is 0 Å². The Bertz CT molecular complexity index is 555. The monoisotopic (exact) mass is 292 g/mol. The molecule has 0 radical (unpaired) electrons. The van der Waals surface area contributed by atoms with Gasteiger partial charge in [0.2, 0.25) is 0 Å². The van der Waals surface area contributed by atoms with E-state index in [1.165, 1.54) is 0 Å². The first kappa shape index (κ1) is 11.9. The van der Waals surface area contributed by atoms with Crippen molar-refractivity contribution in [1.82, 2.24) is 4.98 Å². The maximum absolute atomic E-state index is 5.96. The van der Waals surface area contributed by atoms with Crippen LogP contribution in [0.15, 0.2) is 34.8 Å². The van der Waals surface area contributed by atoms with Gasteiger partial charge >= 0.3 is 0 Å². The van der Waals surface area contributed by atoms with Crippen molar-refractivity contribution in [2.45, 2.75) is 6.92 Å². The first-order valence-electron chi connectivity index (χ1n) is 5.19. The number of nitrogens with zero attached hydrogens (tertiary/aromatic N) is 1. The average Bonchev–Trinajstić information content (AvgIpc) is 2.30. The van der Waals surface area contributed by atoms with Crippen LogP contribution >= 0.6 is 15.9 Å². The van der Waals surface area contributed by atoms with E-state index in [9.17, 15) is 0 Å². The molecular formula is C13H13BrN2O. The zero-order valence-corrected chi connectivity index (χ0v) is 11.3. The van der Waals surface area contributed by atoms with Gasteiger partial charge in [-0.25, -0.2) is 4.98 Å². The van der Waals surface area contributed by atoms with Crippen molar-refractivity contribution in [3.05, 3.63) is 40.5 Å². The molecular weight excluding hydrogens is 280 g/mol. The number of aryl methyl sites for hydroxylation is 1. The summed E-state index contributed by atoms with van der Waals surface area (Å²) in [7, 11) is 1.64. The van der Waals surface area contributed by atoms with Crippen LogP contribution in [0.3, 0.4) is 0 Å². The van der Waals surface area contributed by atoms with Crippen molar-refractivity contribution in [2.75, 3.05) is 12.8 Å². The summed E-state index contributed by atoms with van der Waals surface area (Å²) >= 11 is 3.51. The van der Waals surface area contributed by atoms with Gasteiger partial charge in [0.1, 0.15) is 11.6 Å². The van der Waals surface area contributed by atoms with Crippen LogP contribution in [-0.2, 0) is 0 Å². The average molecular weight is 293 g/mol. The molecule has 2 aromatic rings. The first-order chi connectivity index (χ1) is 8.13. The molecule has 0 bridgehead atoms. The van der Waals surface area contributed by atoms with Crippen LogP contribution in [0.1, 0.15) is 5.69 Å². The van der Waals surface area contributed by atoms with Crippen LogP contribution in [0.2, 0.25) is 0 Å². The zero-order chi connectivity index (χ0) is 12.4. The predicted molar refractivity (Wildman–Crippen MR) is 73.1 cm³/mol. The summed E-state index contributed by atoms with van der Waals surface area (Å²) in [6.07, 6.45) is 0. The Morgan fingerprint density at radius 3 is 2.65 bits per heavy atom. The van der Waals surface area contributed by atoms with Gasteiger partial charge in [-0.05, 0) is 31.2 Å². The van der Waals surface area contributed by atoms with E-state index in [-0.39, 0.29) is 0 Å². The number of pyridine rings is 1. The van der Waals surface area contributed by atoms with Crippen LogP contribution in [-0.4, -0.2) is 12.1 Å². The molecule has 0 atom stereocenters. The van der Waals surface area contributed by atoms with Crippen molar-refractivity contribution >= 4 is 21.7 Å². The van der Waals surface area contributed by atoms with Gasteiger partial charge in [-0.2, -0.15) is 0 Å². The lowest BCUT2D eigenvalue weighted by Crippen LogP contribution is -1.97. The molecule has 2 N–H and O–H groups in total. The van der Waals surface area contributed by atoms with Crippen molar-refractivity contribution < 1.29 is 4.74 Å². The van der Waals surface area contributed by atoms with Crippen LogP contribution in [0, 0.1) is 6.92 Å². The van der Waals surface area contributed by atoms with Crippen LogP contribution in [0.25, 0.3) is 11.1 Å². The second-order valence-electron chi connectivity index (χ2n) is 3.70. The highest BCUT2D eigenvalue weighted by molar-refractivity contribution is 9.10. The number of aromatic nitrogens is 1. The summed E-state index contributed by atoms with van der Waals surface area (Å²) in [5, 5.41) is 0. The number of anilines is 1. The number of hydrogen-bond donors (Lipinski definition) is 1. The van der Waals surface area contributed by atoms with Gasteiger partial charge in [0.25, 0.3) is 0 Å². The number of benzene rings is 1. The van der Waals surface area contributed by atoms with Crippen LogP contribution < -0.4 is 10.5 Å². The summed E-state index contributed by atoms with van der Waals surface area (Å²) in [4.78, 5) is 4.27. The highest BCUT2D eigenvalue weighted by Gasteiger charge is 2.13. The van der Waals surface area contributed by atoms with Crippen LogP contribution in [0.5, 0.6) is 5.75 Å². The third kappa shape index (κ3) is 2.26. The lowest BCUT2D eigenvalue weighted by atomic mass is 10.1. The summed E-state index contributed by atoms with van der Waals surface area (Å²) in [5.74, 6) is 1.28. The number of methoxy groups -OCH3 is 1. The molecule has 0 amide bonds. The summed E-state index contributed by atoms with van der Waals surface area (Å²) in [6.45, 7) is 1.91. The second-order valence-corrected chi connectivity index (χ2v) is 4.56. The molecule has 3 nitrogen and oxygen atoms in total. The minimum atomic E-state index is 0.509. The maximum Gasteiger partial charge on any atom is 0.131 e. The van der Waals surface area contributed by atoms with Gasteiger partial charge in [-0.3, -0.25) is 0 Å². The minimum absolute atomic E-state index is 0.509. The van der Waals surface area contributed by atoms with Gasteiger partial charge in [0.05, 0.1) is 7.11 Å². The molecule has 0 unspecified atom stereocenters. The van der Waals surface area contributed by atoms with E-state index in [0.29, 0.717) is 5.82 Å². The summed E-state index contributed by atoms with van der Waals surface area (Å²) < 4.78 is 6.29. The van der Waals surface area contributed by atoms with Gasteiger partial charge in [0, 0.05) is 21.3 Å². The molecule has 88 valence electrons. The fourth-order valence-electron chi connectivity index (χ4n) is 1.72. The molecule has 17 heavy (non-hydrogen) atoms. The fraction of sp³-hybridized carbons (Fsp3) is 0.154. The Morgan fingerprint density at radius 2 is 2.00 bits per heavy atom. The molecule has 0 saturated heterocycles. The third-order valence-electron chi connectivity index (χ3n) is 2.53. The molecule has 0 aliphatic heterocycles. The van der Waals surface area contributed by atoms with Crippen molar-refractivity contribution in [1.29, 1.82) is 0 Å². The van der Waals surface area contributed by atoms with Crippen molar-refractivity contribution in [3.8, 4) is 16.9 Å². The number of nitrogen functional groups attached to an aromatic ring is 1. The molecule has 0 fully saturated rings. The Labute approximate surface area is 109 Å².